The van der Waals surface area contributed by atoms with Gasteiger partial charge in [-0.3, -0.25) is 4.79 Å². The van der Waals surface area contributed by atoms with E-state index in [-0.39, 0.29) is 5.78 Å². The van der Waals surface area contributed by atoms with Gasteiger partial charge in [-0.05, 0) is 49.2 Å². The molecule has 0 bridgehead atoms. The van der Waals surface area contributed by atoms with Crippen molar-refractivity contribution in [3.63, 3.8) is 0 Å². The molecule has 2 N–H and O–H groups in total. The molecule has 0 fully saturated rings. The molecule has 88 valence electrons. The van der Waals surface area contributed by atoms with Crippen molar-refractivity contribution in [1.82, 2.24) is 0 Å². The predicted molar refractivity (Wildman–Crippen MR) is 72.7 cm³/mol. The number of carbonyl (C=O) groups is 1. The first-order chi connectivity index (χ1) is 8.11. The molecule has 0 amide bonds. The molecule has 0 atom stereocenters. The topological polar surface area (TPSA) is 43.1 Å². The summed E-state index contributed by atoms with van der Waals surface area (Å²) in [6, 6.07) is 9.34. The Kier molecular flexibility index (Phi) is 3.29. The van der Waals surface area contributed by atoms with Crippen LogP contribution >= 0.6 is 11.3 Å². The zero-order valence-corrected chi connectivity index (χ0v) is 10.8. The number of aryl methyl sites for hydroxylation is 2. The second kappa shape index (κ2) is 4.72. The third-order valence-corrected chi connectivity index (χ3v) is 3.99. The number of hydrogen-bond acceptors (Lipinski definition) is 3. The Bertz CT molecular complexity index is 557. The molecular formula is C14H15NOS. The summed E-state index contributed by atoms with van der Waals surface area (Å²) >= 11 is 1.57. The van der Waals surface area contributed by atoms with Crippen molar-refractivity contribution in [2.24, 2.45) is 0 Å². The van der Waals surface area contributed by atoms with E-state index in [1.54, 1.807) is 23.5 Å². The average molecular weight is 245 g/mol. The Balaban J connectivity index is 2.33. The summed E-state index contributed by atoms with van der Waals surface area (Å²) in [7, 11) is 0. The van der Waals surface area contributed by atoms with E-state index in [2.05, 4.69) is 6.92 Å². The maximum atomic E-state index is 12.2. The van der Waals surface area contributed by atoms with E-state index in [0.29, 0.717) is 5.56 Å². The second-order valence-electron chi connectivity index (χ2n) is 4.02. The van der Waals surface area contributed by atoms with Crippen LogP contribution in [0, 0.1) is 6.92 Å². The Morgan fingerprint density at radius 2 is 2.06 bits per heavy atom. The number of ketones is 1. The van der Waals surface area contributed by atoms with Crippen LogP contribution in [0.1, 0.15) is 32.6 Å². The van der Waals surface area contributed by atoms with Gasteiger partial charge in [-0.25, -0.2) is 0 Å². The van der Waals surface area contributed by atoms with Crippen LogP contribution in [0.15, 0.2) is 30.3 Å². The Labute approximate surface area is 105 Å². The molecule has 1 heterocycles. The van der Waals surface area contributed by atoms with Gasteiger partial charge < -0.3 is 5.73 Å². The van der Waals surface area contributed by atoms with Gasteiger partial charge in [0.05, 0.1) is 4.88 Å². The van der Waals surface area contributed by atoms with Gasteiger partial charge in [-0.15, -0.1) is 11.3 Å². The number of anilines is 1. The number of hydrogen-bond donors (Lipinski definition) is 1. The summed E-state index contributed by atoms with van der Waals surface area (Å²) in [5, 5.41) is 0. The molecule has 0 unspecified atom stereocenters. The van der Waals surface area contributed by atoms with Crippen LogP contribution in [-0.4, -0.2) is 5.78 Å². The SMILES string of the molecule is CCc1ccc(C(=O)c2ccc(N)c(C)c2)s1. The molecule has 2 rings (SSSR count). The van der Waals surface area contributed by atoms with Crippen LogP contribution in [-0.2, 0) is 6.42 Å². The molecular weight excluding hydrogens is 230 g/mol. The molecule has 0 radical (unpaired) electrons. The fraction of sp³-hybridized carbons (Fsp3) is 0.214. The molecule has 17 heavy (non-hydrogen) atoms. The van der Waals surface area contributed by atoms with Crippen LogP contribution in [0.25, 0.3) is 0 Å². The minimum Gasteiger partial charge on any atom is -0.399 e. The first-order valence-corrected chi connectivity index (χ1v) is 6.43. The van der Waals surface area contributed by atoms with E-state index in [1.807, 2.05) is 25.1 Å². The van der Waals surface area contributed by atoms with Crippen LogP contribution in [0.3, 0.4) is 0 Å². The maximum absolute atomic E-state index is 12.2. The van der Waals surface area contributed by atoms with E-state index in [9.17, 15) is 4.79 Å². The van der Waals surface area contributed by atoms with Gasteiger partial charge >= 0.3 is 0 Å². The maximum Gasteiger partial charge on any atom is 0.202 e. The normalized spacial score (nSPS) is 10.5. The van der Waals surface area contributed by atoms with Crippen molar-refractivity contribution < 1.29 is 4.79 Å². The largest absolute Gasteiger partial charge is 0.399 e. The predicted octanol–water partition coefficient (Wildman–Crippen LogP) is 3.43. The number of carbonyl (C=O) groups excluding carboxylic acids is 1. The van der Waals surface area contributed by atoms with Crippen LogP contribution in [0.4, 0.5) is 5.69 Å². The first-order valence-electron chi connectivity index (χ1n) is 5.61. The quantitative estimate of drug-likeness (QED) is 0.665. The third-order valence-electron chi connectivity index (χ3n) is 2.77. The second-order valence-corrected chi connectivity index (χ2v) is 5.19. The molecule has 1 aromatic heterocycles. The summed E-state index contributed by atoms with van der Waals surface area (Å²) < 4.78 is 0. The molecule has 3 heteroatoms. The molecule has 0 aliphatic rings. The van der Waals surface area contributed by atoms with Gasteiger partial charge in [0.15, 0.2) is 0 Å². The summed E-state index contributed by atoms with van der Waals surface area (Å²) in [4.78, 5) is 14.2. The number of thiophene rings is 1. The van der Waals surface area contributed by atoms with Crippen molar-refractivity contribution in [3.8, 4) is 0 Å². The molecule has 0 aliphatic carbocycles. The summed E-state index contributed by atoms with van der Waals surface area (Å²) in [6.45, 7) is 4.01. The van der Waals surface area contributed by atoms with E-state index in [0.717, 1.165) is 22.5 Å². The average Bonchev–Trinajstić information content (AvgIpc) is 2.80. The summed E-state index contributed by atoms with van der Waals surface area (Å²) in [5.41, 5.74) is 8.13. The van der Waals surface area contributed by atoms with E-state index in [4.69, 9.17) is 5.73 Å². The summed E-state index contributed by atoms with van der Waals surface area (Å²) in [5.74, 6) is 0.0813. The lowest BCUT2D eigenvalue weighted by Gasteiger charge is -2.02. The number of benzene rings is 1. The monoisotopic (exact) mass is 245 g/mol. The van der Waals surface area contributed by atoms with Gasteiger partial charge in [-0.2, -0.15) is 0 Å². The van der Waals surface area contributed by atoms with Gasteiger partial charge in [-0.1, -0.05) is 6.92 Å². The van der Waals surface area contributed by atoms with Gasteiger partial charge in [0.25, 0.3) is 0 Å². The molecule has 0 spiro atoms. The Morgan fingerprint density at radius 3 is 2.65 bits per heavy atom. The Hall–Kier alpha value is -1.61. The third kappa shape index (κ3) is 2.39. The number of nitrogen functional groups attached to an aromatic ring is 1. The van der Waals surface area contributed by atoms with E-state index in [1.165, 1.54) is 4.88 Å². The van der Waals surface area contributed by atoms with Gasteiger partial charge in [0, 0.05) is 16.1 Å². The van der Waals surface area contributed by atoms with Crippen molar-refractivity contribution in [2.45, 2.75) is 20.3 Å². The highest BCUT2D eigenvalue weighted by molar-refractivity contribution is 7.14. The molecule has 0 saturated heterocycles. The van der Waals surface area contributed by atoms with Gasteiger partial charge in [0.2, 0.25) is 5.78 Å². The first kappa shape index (κ1) is 11.9. The zero-order valence-electron chi connectivity index (χ0n) is 9.99. The Morgan fingerprint density at radius 1 is 1.29 bits per heavy atom. The minimum absolute atomic E-state index is 0.0813. The highest BCUT2D eigenvalue weighted by atomic mass is 32.1. The van der Waals surface area contributed by atoms with Crippen LogP contribution in [0.2, 0.25) is 0 Å². The molecule has 1 aromatic carbocycles. The summed E-state index contributed by atoms with van der Waals surface area (Å²) in [6.07, 6.45) is 0.971. The fourth-order valence-electron chi connectivity index (χ4n) is 1.65. The van der Waals surface area contributed by atoms with Crippen LogP contribution < -0.4 is 5.73 Å². The molecule has 2 nitrogen and oxygen atoms in total. The fourth-order valence-corrected chi connectivity index (χ4v) is 2.56. The zero-order chi connectivity index (χ0) is 12.4. The van der Waals surface area contributed by atoms with Crippen molar-refractivity contribution in [1.29, 1.82) is 0 Å². The highest BCUT2D eigenvalue weighted by Gasteiger charge is 2.12. The van der Waals surface area contributed by atoms with Crippen molar-refractivity contribution in [3.05, 3.63) is 51.2 Å². The smallest absolute Gasteiger partial charge is 0.202 e. The van der Waals surface area contributed by atoms with Gasteiger partial charge in [0.1, 0.15) is 0 Å². The van der Waals surface area contributed by atoms with Crippen molar-refractivity contribution >= 4 is 22.8 Å². The number of rotatable bonds is 3. The van der Waals surface area contributed by atoms with Crippen molar-refractivity contribution in [2.75, 3.05) is 5.73 Å². The van der Waals surface area contributed by atoms with E-state index >= 15 is 0 Å². The lowest BCUT2D eigenvalue weighted by Crippen LogP contribution is -2.00. The number of nitrogens with two attached hydrogens (primary N) is 1. The minimum atomic E-state index is 0.0813. The molecule has 0 aliphatic heterocycles. The van der Waals surface area contributed by atoms with E-state index < -0.39 is 0 Å². The standard InChI is InChI=1S/C14H15NOS/c1-3-11-5-7-13(17-11)14(16)10-4-6-12(15)9(2)8-10/h4-8H,3,15H2,1-2H3. The molecule has 2 aromatic rings. The highest BCUT2D eigenvalue weighted by Crippen LogP contribution is 2.22. The van der Waals surface area contributed by atoms with Crippen LogP contribution in [0.5, 0.6) is 0 Å². The molecule has 0 saturated carbocycles. The lowest BCUT2D eigenvalue weighted by molar-refractivity contribution is 0.104. The lowest BCUT2D eigenvalue weighted by atomic mass is 10.1.